The van der Waals surface area contributed by atoms with Crippen LogP contribution in [0.3, 0.4) is 0 Å². The van der Waals surface area contributed by atoms with Crippen molar-refractivity contribution in [1.82, 2.24) is 9.88 Å². The van der Waals surface area contributed by atoms with Gasteiger partial charge in [-0.3, -0.25) is 4.79 Å². The van der Waals surface area contributed by atoms with E-state index in [9.17, 15) is 4.79 Å². The maximum Gasteiger partial charge on any atom is 0.255 e. The first-order chi connectivity index (χ1) is 11.2. The zero-order chi connectivity index (χ0) is 16.0. The van der Waals surface area contributed by atoms with Gasteiger partial charge in [-0.2, -0.15) is 0 Å². The smallest absolute Gasteiger partial charge is 0.255 e. The SMILES string of the molecule is C=CCN1C(=O)c2ccccc2[C@H]1c1c(C)[nH]c2ccccc12. The molecule has 114 valence electrons. The molecule has 0 spiro atoms. The molecule has 0 bridgehead atoms. The second-order valence-corrected chi connectivity index (χ2v) is 5.95. The van der Waals surface area contributed by atoms with Gasteiger partial charge in [-0.05, 0) is 24.6 Å². The first-order valence-electron chi connectivity index (χ1n) is 7.80. The number of para-hydroxylation sites is 1. The molecule has 2 heterocycles. The van der Waals surface area contributed by atoms with Crippen LogP contribution in [0.25, 0.3) is 10.9 Å². The lowest BCUT2D eigenvalue weighted by atomic mass is 9.95. The predicted octanol–water partition coefficient (Wildman–Crippen LogP) is 4.21. The molecule has 0 fully saturated rings. The number of rotatable bonds is 3. The van der Waals surface area contributed by atoms with Crippen LogP contribution in [0.15, 0.2) is 61.2 Å². The Labute approximate surface area is 135 Å². The molecule has 0 aliphatic carbocycles. The highest BCUT2D eigenvalue weighted by molar-refractivity contribution is 6.01. The monoisotopic (exact) mass is 302 g/mol. The van der Waals surface area contributed by atoms with Crippen molar-refractivity contribution >= 4 is 16.8 Å². The summed E-state index contributed by atoms with van der Waals surface area (Å²) in [6.45, 7) is 6.44. The van der Waals surface area contributed by atoms with Gasteiger partial charge in [0.05, 0.1) is 6.04 Å². The Balaban J connectivity index is 1.99. The predicted molar refractivity (Wildman–Crippen MR) is 92.6 cm³/mol. The zero-order valence-corrected chi connectivity index (χ0v) is 13.0. The number of aromatic nitrogens is 1. The van der Waals surface area contributed by atoms with Gasteiger partial charge in [-0.15, -0.1) is 6.58 Å². The number of amides is 1. The van der Waals surface area contributed by atoms with E-state index in [1.807, 2.05) is 35.2 Å². The molecule has 0 saturated heterocycles. The fourth-order valence-corrected chi connectivity index (χ4v) is 3.66. The third-order valence-electron chi connectivity index (χ3n) is 4.60. The molecule has 0 saturated carbocycles. The maximum absolute atomic E-state index is 12.8. The zero-order valence-electron chi connectivity index (χ0n) is 13.0. The van der Waals surface area contributed by atoms with E-state index in [-0.39, 0.29) is 11.9 Å². The van der Waals surface area contributed by atoms with Crippen LogP contribution >= 0.6 is 0 Å². The van der Waals surface area contributed by atoms with Crippen molar-refractivity contribution in [3.63, 3.8) is 0 Å². The summed E-state index contributed by atoms with van der Waals surface area (Å²) in [5, 5.41) is 1.17. The number of hydrogen-bond acceptors (Lipinski definition) is 1. The van der Waals surface area contributed by atoms with Crippen LogP contribution in [-0.4, -0.2) is 22.3 Å². The lowest BCUT2D eigenvalue weighted by molar-refractivity contribution is 0.0771. The maximum atomic E-state index is 12.8. The normalized spacial score (nSPS) is 16.8. The highest BCUT2D eigenvalue weighted by Gasteiger charge is 2.38. The molecular formula is C20H18N2O. The van der Waals surface area contributed by atoms with Gasteiger partial charge >= 0.3 is 0 Å². The number of aromatic amines is 1. The van der Waals surface area contributed by atoms with Gasteiger partial charge in [-0.1, -0.05) is 42.5 Å². The number of hydrogen-bond donors (Lipinski definition) is 1. The summed E-state index contributed by atoms with van der Waals surface area (Å²) in [6.07, 6.45) is 1.79. The van der Waals surface area contributed by atoms with Crippen LogP contribution in [0.4, 0.5) is 0 Å². The number of nitrogens with one attached hydrogen (secondary N) is 1. The van der Waals surface area contributed by atoms with Crippen molar-refractivity contribution in [3.8, 4) is 0 Å². The van der Waals surface area contributed by atoms with E-state index in [4.69, 9.17) is 0 Å². The van der Waals surface area contributed by atoms with Crippen molar-refractivity contribution in [2.24, 2.45) is 0 Å². The van der Waals surface area contributed by atoms with E-state index in [1.54, 1.807) is 6.08 Å². The molecule has 1 atom stereocenters. The number of carbonyl (C=O) groups is 1. The van der Waals surface area contributed by atoms with Crippen molar-refractivity contribution in [2.45, 2.75) is 13.0 Å². The number of H-pyrrole nitrogens is 1. The first-order valence-corrected chi connectivity index (χ1v) is 7.80. The van der Waals surface area contributed by atoms with Gasteiger partial charge in [-0.25, -0.2) is 0 Å². The van der Waals surface area contributed by atoms with E-state index in [2.05, 4.69) is 36.7 Å². The molecule has 2 aromatic carbocycles. The van der Waals surface area contributed by atoms with Crippen molar-refractivity contribution < 1.29 is 4.79 Å². The molecule has 1 amide bonds. The van der Waals surface area contributed by atoms with Crippen LogP contribution in [0.2, 0.25) is 0 Å². The van der Waals surface area contributed by atoms with Gasteiger partial charge in [0.25, 0.3) is 5.91 Å². The summed E-state index contributed by atoms with van der Waals surface area (Å²) in [7, 11) is 0. The Morgan fingerprint density at radius 3 is 2.74 bits per heavy atom. The van der Waals surface area contributed by atoms with Gasteiger partial charge in [0.1, 0.15) is 0 Å². The van der Waals surface area contributed by atoms with E-state index in [1.165, 1.54) is 10.9 Å². The highest BCUT2D eigenvalue weighted by atomic mass is 16.2. The van der Waals surface area contributed by atoms with E-state index in [0.717, 1.165) is 22.3 Å². The van der Waals surface area contributed by atoms with Crippen LogP contribution < -0.4 is 0 Å². The molecule has 3 nitrogen and oxygen atoms in total. The molecule has 1 aliphatic rings. The quantitative estimate of drug-likeness (QED) is 0.723. The summed E-state index contributed by atoms with van der Waals surface area (Å²) in [5.41, 5.74) is 5.27. The molecular weight excluding hydrogens is 284 g/mol. The summed E-state index contributed by atoms with van der Waals surface area (Å²) in [4.78, 5) is 18.2. The first kappa shape index (κ1) is 13.8. The molecule has 0 radical (unpaired) electrons. The Hall–Kier alpha value is -2.81. The fourth-order valence-electron chi connectivity index (χ4n) is 3.66. The summed E-state index contributed by atoms with van der Waals surface area (Å²) < 4.78 is 0. The Morgan fingerprint density at radius 2 is 1.91 bits per heavy atom. The summed E-state index contributed by atoms with van der Waals surface area (Å²) >= 11 is 0. The number of nitrogens with zero attached hydrogens (tertiary/aromatic N) is 1. The van der Waals surface area contributed by atoms with E-state index < -0.39 is 0 Å². The average molecular weight is 302 g/mol. The highest BCUT2D eigenvalue weighted by Crippen LogP contribution is 2.42. The van der Waals surface area contributed by atoms with Gasteiger partial charge in [0.15, 0.2) is 0 Å². The summed E-state index contributed by atoms with van der Waals surface area (Å²) in [5.74, 6) is 0.0789. The Morgan fingerprint density at radius 1 is 1.17 bits per heavy atom. The molecule has 3 heteroatoms. The lowest BCUT2D eigenvalue weighted by Gasteiger charge is -2.25. The largest absolute Gasteiger partial charge is 0.358 e. The lowest BCUT2D eigenvalue weighted by Crippen LogP contribution is -2.29. The third-order valence-corrected chi connectivity index (χ3v) is 4.60. The Bertz CT molecular complexity index is 922. The minimum atomic E-state index is -0.0622. The van der Waals surface area contributed by atoms with E-state index in [0.29, 0.717) is 6.54 Å². The fraction of sp³-hybridized carbons (Fsp3) is 0.150. The average Bonchev–Trinajstić information content (AvgIpc) is 3.03. The standard InChI is InChI=1S/C20H18N2O/c1-3-12-22-19(14-8-4-5-9-15(14)20(22)23)18-13(2)21-17-11-7-6-10-16(17)18/h3-11,19,21H,1,12H2,2H3/t19-/m0/s1. The Kier molecular flexibility index (Phi) is 3.08. The second kappa shape index (κ2) is 5.13. The van der Waals surface area contributed by atoms with Crippen molar-refractivity contribution in [2.75, 3.05) is 6.54 Å². The molecule has 3 aromatic rings. The summed E-state index contributed by atoms with van der Waals surface area (Å²) in [6, 6.07) is 16.1. The van der Waals surface area contributed by atoms with Crippen molar-refractivity contribution in [3.05, 3.63) is 83.6 Å². The van der Waals surface area contributed by atoms with Crippen LogP contribution in [0, 0.1) is 6.92 Å². The van der Waals surface area contributed by atoms with Gasteiger partial charge in [0.2, 0.25) is 0 Å². The number of fused-ring (bicyclic) bond motifs is 2. The molecule has 4 rings (SSSR count). The third kappa shape index (κ3) is 1.93. The number of carbonyl (C=O) groups excluding carboxylic acids is 1. The van der Waals surface area contributed by atoms with Crippen molar-refractivity contribution in [1.29, 1.82) is 0 Å². The minimum absolute atomic E-state index is 0.0622. The number of benzene rings is 2. The molecule has 0 unspecified atom stereocenters. The van der Waals surface area contributed by atoms with Crippen LogP contribution in [0.5, 0.6) is 0 Å². The minimum Gasteiger partial charge on any atom is -0.358 e. The molecule has 1 aliphatic heterocycles. The van der Waals surface area contributed by atoms with Gasteiger partial charge < -0.3 is 9.88 Å². The van der Waals surface area contributed by atoms with Crippen LogP contribution in [-0.2, 0) is 0 Å². The molecule has 23 heavy (non-hydrogen) atoms. The van der Waals surface area contributed by atoms with Gasteiger partial charge in [0, 0.05) is 34.3 Å². The van der Waals surface area contributed by atoms with E-state index >= 15 is 0 Å². The second-order valence-electron chi connectivity index (χ2n) is 5.95. The topological polar surface area (TPSA) is 36.1 Å². The molecule has 1 aromatic heterocycles. The van der Waals surface area contributed by atoms with Crippen LogP contribution in [0.1, 0.15) is 33.2 Å². The number of aryl methyl sites for hydroxylation is 1. The molecule has 1 N–H and O–H groups in total.